The third-order valence-corrected chi connectivity index (χ3v) is 7.34. The topological polar surface area (TPSA) is 113 Å². The monoisotopic (exact) mass is 659 g/mol. The van der Waals surface area contributed by atoms with E-state index in [-0.39, 0.29) is 36.5 Å². The molecule has 3 aromatic carbocycles. The Morgan fingerprint density at radius 1 is 0.955 bits per heavy atom. The van der Waals surface area contributed by atoms with Crippen LogP contribution in [0.25, 0.3) is 10.9 Å². The van der Waals surface area contributed by atoms with Gasteiger partial charge in [-0.15, -0.1) is 12.4 Å². The highest BCUT2D eigenvalue weighted by molar-refractivity contribution is 6.38. The molecular formula is C31H32Cl3N5O5. The highest BCUT2D eigenvalue weighted by Gasteiger charge is 2.20. The van der Waals surface area contributed by atoms with Gasteiger partial charge in [0.1, 0.15) is 23.6 Å². The van der Waals surface area contributed by atoms with Crippen molar-refractivity contribution in [2.24, 2.45) is 0 Å². The van der Waals surface area contributed by atoms with E-state index in [2.05, 4.69) is 15.6 Å². The number of para-hydroxylation sites is 1. The first-order valence-corrected chi connectivity index (χ1v) is 13.9. The second kappa shape index (κ2) is 15.0. The Morgan fingerprint density at radius 3 is 2.39 bits per heavy atom. The molecule has 0 spiro atoms. The molecule has 1 heterocycles. The lowest BCUT2D eigenvalue weighted by Gasteiger charge is -2.21. The number of hydrogen-bond acceptors (Lipinski definition) is 6. The van der Waals surface area contributed by atoms with Crippen LogP contribution in [-0.2, 0) is 11.4 Å². The lowest BCUT2D eigenvalue weighted by atomic mass is 10.1. The van der Waals surface area contributed by atoms with E-state index >= 15 is 0 Å². The first-order valence-electron chi connectivity index (χ1n) is 13.2. The number of anilines is 2. The number of pyridine rings is 1. The highest BCUT2D eigenvalue weighted by atomic mass is 35.5. The maximum atomic E-state index is 13.0. The quantitative estimate of drug-likeness (QED) is 0.217. The number of halogens is 3. The molecule has 0 saturated carbocycles. The molecule has 4 rings (SSSR count). The van der Waals surface area contributed by atoms with Crippen molar-refractivity contribution in [3.8, 4) is 11.5 Å². The van der Waals surface area contributed by atoms with E-state index in [1.807, 2.05) is 25.1 Å². The fraction of sp³-hybridized carbons (Fsp3) is 0.226. The number of carbonyl (C=O) groups excluding carboxylic acids is 3. The number of aromatic nitrogens is 1. The largest absolute Gasteiger partial charge is 0.496 e. The van der Waals surface area contributed by atoms with Gasteiger partial charge in [0.2, 0.25) is 5.91 Å². The van der Waals surface area contributed by atoms with E-state index in [0.29, 0.717) is 44.5 Å². The molecule has 10 nitrogen and oxygen atoms in total. The van der Waals surface area contributed by atoms with Gasteiger partial charge in [0.05, 0.1) is 24.4 Å². The third kappa shape index (κ3) is 7.82. The summed E-state index contributed by atoms with van der Waals surface area (Å²) in [5, 5.41) is 6.56. The molecule has 0 saturated heterocycles. The van der Waals surface area contributed by atoms with Crippen molar-refractivity contribution >= 4 is 75.7 Å². The van der Waals surface area contributed by atoms with Gasteiger partial charge in [-0.2, -0.15) is 0 Å². The van der Waals surface area contributed by atoms with Crippen LogP contribution in [0.2, 0.25) is 10.0 Å². The van der Waals surface area contributed by atoms with Crippen molar-refractivity contribution in [3.63, 3.8) is 0 Å². The Kier molecular flexibility index (Phi) is 11.6. The molecule has 0 aliphatic heterocycles. The summed E-state index contributed by atoms with van der Waals surface area (Å²) in [6.07, 6.45) is 0. The fourth-order valence-electron chi connectivity index (χ4n) is 4.30. The minimum atomic E-state index is -0.608. The standard InChI is InChI=1S/C31H31Cl2N5O5.ClH/c1-18-14-26(42-5)21-10-7-11-25(29(21)35-18)43-17-22-23(32)12-13-24(28(22)33)38(4)27(39)16-34-31(41)36-20-9-6-8-19(15-20)30(40)37(2)3;/h6-15H,16-17H2,1-5H3,(H2,34,36,41);1H. The number of fused-ring (bicyclic) bond motifs is 1. The maximum Gasteiger partial charge on any atom is 0.319 e. The Balaban J connectivity index is 0.00000529. The lowest BCUT2D eigenvalue weighted by molar-refractivity contribution is -0.117. The van der Waals surface area contributed by atoms with Crippen molar-refractivity contribution in [2.75, 3.05) is 45.0 Å². The first kappa shape index (κ1) is 34.2. The normalized spacial score (nSPS) is 10.4. The maximum absolute atomic E-state index is 13.0. The number of methoxy groups -OCH3 is 1. The smallest absolute Gasteiger partial charge is 0.319 e. The molecule has 0 fully saturated rings. The zero-order valence-corrected chi connectivity index (χ0v) is 27.1. The Bertz CT molecular complexity index is 1700. The number of rotatable bonds is 9. The van der Waals surface area contributed by atoms with Crippen molar-refractivity contribution in [2.45, 2.75) is 13.5 Å². The van der Waals surface area contributed by atoms with Crippen LogP contribution in [-0.4, -0.2) is 62.5 Å². The number of hydrogen-bond donors (Lipinski definition) is 2. The van der Waals surface area contributed by atoms with E-state index in [1.165, 1.54) is 9.80 Å². The van der Waals surface area contributed by atoms with Crippen molar-refractivity contribution in [3.05, 3.63) is 87.5 Å². The van der Waals surface area contributed by atoms with Crippen LogP contribution in [0.4, 0.5) is 16.2 Å². The summed E-state index contributed by atoms with van der Waals surface area (Å²) in [6.45, 7) is 1.57. The second-order valence-electron chi connectivity index (χ2n) is 9.81. The minimum absolute atomic E-state index is 0. The molecule has 4 aromatic rings. The molecule has 0 radical (unpaired) electrons. The molecule has 13 heteroatoms. The van der Waals surface area contributed by atoms with E-state index < -0.39 is 11.9 Å². The summed E-state index contributed by atoms with van der Waals surface area (Å²) in [4.78, 5) is 45.0. The average molecular weight is 661 g/mol. The van der Waals surface area contributed by atoms with Gasteiger partial charge in [-0.3, -0.25) is 9.59 Å². The van der Waals surface area contributed by atoms with Gasteiger partial charge in [-0.25, -0.2) is 9.78 Å². The predicted molar refractivity (Wildman–Crippen MR) is 176 cm³/mol. The van der Waals surface area contributed by atoms with Crippen LogP contribution in [0.3, 0.4) is 0 Å². The summed E-state index contributed by atoms with van der Waals surface area (Å²) in [7, 11) is 6.42. The number of benzene rings is 3. The summed E-state index contributed by atoms with van der Waals surface area (Å²) in [5.41, 5.74) is 3.10. The van der Waals surface area contributed by atoms with Gasteiger partial charge in [0.25, 0.3) is 5.91 Å². The van der Waals surface area contributed by atoms with Crippen LogP contribution >= 0.6 is 35.6 Å². The van der Waals surface area contributed by atoms with Crippen molar-refractivity contribution in [1.29, 1.82) is 0 Å². The van der Waals surface area contributed by atoms with Gasteiger partial charge in [0.15, 0.2) is 0 Å². The lowest BCUT2D eigenvalue weighted by Crippen LogP contribution is -2.40. The molecule has 0 bridgehead atoms. The Labute approximate surface area is 271 Å². The van der Waals surface area contributed by atoms with Crippen molar-refractivity contribution in [1.82, 2.24) is 15.2 Å². The predicted octanol–water partition coefficient (Wildman–Crippen LogP) is 6.35. The number of aryl methyl sites for hydroxylation is 1. The SMILES string of the molecule is COc1cc(C)nc2c(OCc3c(Cl)ccc(N(C)C(=O)CNC(=O)Nc4cccc(C(=O)N(C)C)c4)c3Cl)cccc12.Cl. The third-order valence-electron chi connectivity index (χ3n) is 6.56. The second-order valence-corrected chi connectivity index (χ2v) is 10.6. The molecule has 0 atom stereocenters. The zero-order chi connectivity index (χ0) is 31.3. The molecule has 2 N–H and O–H groups in total. The minimum Gasteiger partial charge on any atom is -0.496 e. The molecule has 232 valence electrons. The number of urea groups is 1. The van der Waals surface area contributed by atoms with Crippen LogP contribution in [0, 0.1) is 6.92 Å². The number of likely N-dealkylation sites (N-methyl/N-ethyl adjacent to an activating group) is 1. The number of ether oxygens (including phenoxy) is 2. The number of carbonyl (C=O) groups is 3. The van der Waals surface area contributed by atoms with Gasteiger partial charge in [-0.1, -0.05) is 35.3 Å². The Morgan fingerprint density at radius 2 is 1.68 bits per heavy atom. The fourth-order valence-corrected chi connectivity index (χ4v) is 4.90. The van der Waals surface area contributed by atoms with Gasteiger partial charge < -0.3 is 29.9 Å². The summed E-state index contributed by atoms with van der Waals surface area (Å²) in [5.74, 6) is 0.577. The van der Waals surface area contributed by atoms with Crippen LogP contribution in [0.1, 0.15) is 21.6 Å². The van der Waals surface area contributed by atoms with E-state index in [0.717, 1.165) is 11.1 Å². The zero-order valence-electron chi connectivity index (χ0n) is 24.7. The van der Waals surface area contributed by atoms with Gasteiger partial charge in [-0.05, 0) is 49.4 Å². The summed E-state index contributed by atoms with van der Waals surface area (Å²) < 4.78 is 11.6. The number of nitrogens with one attached hydrogen (secondary N) is 2. The summed E-state index contributed by atoms with van der Waals surface area (Å²) >= 11 is 13.2. The Hall–Kier alpha value is -4.25. The molecule has 0 aliphatic rings. The molecule has 0 unspecified atom stereocenters. The summed E-state index contributed by atoms with van der Waals surface area (Å²) in [6, 6.07) is 16.5. The van der Waals surface area contributed by atoms with Gasteiger partial charge in [0, 0.05) is 60.1 Å². The first-order chi connectivity index (χ1) is 20.5. The van der Waals surface area contributed by atoms with Crippen molar-refractivity contribution < 1.29 is 23.9 Å². The molecule has 4 amide bonds. The highest BCUT2D eigenvalue weighted by Crippen LogP contribution is 2.36. The van der Waals surface area contributed by atoms with Crippen LogP contribution in [0.5, 0.6) is 11.5 Å². The van der Waals surface area contributed by atoms with E-state index in [4.69, 9.17) is 32.7 Å². The number of nitrogens with zero attached hydrogens (tertiary/aromatic N) is 3. The average Bonchev–Trinajstić information content (AvgIpc) is 2.98. The molecule has 44 heavy (non-hydrogen) atoms. The molecule has 0 aliphatic carbocycles. The van der Waals surface area contributed by atoms with E-state index in [1.54, 1.807) is 70.7 Å². The number of amides is 4. The molecule has 1 aromatic heterocycles. The van der Waals surface area contributed by atoms with E-state index in [9.17, 15) is 14.4 Å². The van der Waals surface area contributed by atoms with Crippen LogP contribution < -0.4 is 25.0 Å². The van der Waals surface area contributed by atoms with Gasteiger partial charge >= 0.3 is 6.03 Å². The molecular weight excluding hydrogens is 629 g/mol. The van der Waals surface area contributed by atoms with Crippen LogP contribution in [0.15, 0.2) is 60.7 Å².